The van der Waals surface area contributed by atoms with E-state index >= 15 is 0 Å². The van der Waals surface area contributed by atoms with Crippen molar-refractivity contribution >= 4 is 21.2 Å². The molecule has 0 aliphatic rings. The Morgan fingerprint density at radius 1 is 0.962 bits per heavy atom. The van der Waals surface area contributed by atoms with Crippen molar-refractivity contribution in [3.8, 4) is 5.75 Å². The van der Waals surface area contributed by atoms with Crippen molar-refractivity contribution < 1.29 is 9.53 Å². The van der Waals surface area contributed by atoms with Gasteiger partial charge in [-0.15, -0.1) is 0 Å². The number of ether oxygens (including phenoxy) is 1. The van der Waals surface area contributed by atoms with E-state index in [2.05, 4.69) is 47.3 Å². The van der Waals surface area contributed by atoms with Crippen molar-refractivity contribution in [2.75, 3.05) is 0 Å². The molecule has 26 heavy (non-hydrogen) atoms. The van der Waals surface area contributed by atoms with Crippen molar-refractivity contribution in [3.63, 3.8) is 0 Å². The monoisotopic (exact) mass is 392 g/mol. The topological polar surface area (TPSA) is 26.3 Å². The first-order valence-corrected chi connectivity index (χ1v) is 17.5. The van der Waals surface area contributed by atoms with Gasteiger partial charge >= 0.3 is 5.97 Å². The fraction of sp³-hybridized carbons (Fsp3) is 0.682. The predicted molar refractivity (Wildman–Crippen MR) is 119 cm³/mol. The average molecular weight is 393 g/mol. The van der Waals surface area contributed by atoms with Crippen LogP contribution in [0.25, 0.3) is 0 Å². The molecule has 0 radical (unpaired) electrons. The molecular formula is C22H40O2Si2. The Hall–Kier alpha value is -0.876. The van der Waals surface area contributed by atoms with Gasteiger partial charge in [0.1, 0.15) is 5.75 Å². The highest BCUT2D eigenvalue weighted by atomic mass is 29.3. The molecule has 0 aromatic heterocycles. The number of carbonyl (C=O) groups is 1. The number of hydrogen-bond acceptors (Lipinski definition) is 2. The highest BCUT2D eigenvalue weighted by Crippen LogP contribution is 2.42. The molecule has 0 spiro atoms. The van der Waals surface area contributed by atoms with Crippen molar-refractivity contribution in [1.29, 1.82) is 0 Å². The third-order valence-electron chi connectivity index (χ3n) is 5.90. The number of benzene rings is 1. The van der Waals surface area contributed by atoms with Crippen molar-refractivity contribution in [1.82, 2.24) is 0 Å². The molecule has 0 amide bonds. The molecular weight excluding hydrogens is 352 g/mol. The Balaban J connectivity index is 3.06. The summed E-state index contributed by atoms with van der Waals surface area (Å²) in [7, 11) is -2.84. The van der Waals surface area contributed by atoms with Crippen LogP contribution in [0, 0.1) is 5.41 Å². The molecule has 0 aliphatic heterocycles. The summed E-state index contributed by atoms with van der Waals surface area (Å²) in [5, 5.41) is 0. The third-order valence-corrected chi connectivity index (χ3v) is 24.8. The smallest absolute Gasteiger partial charge is 0.316 e. The highest BCUT2D eigenvalue weighted by Gasteiger charge is 2.49. The lowest BCUT2D eigenvalue weighted by molar-refractivity contribution is -0.143. The molecule has 0 atom stereocenters. The zero-order chi connectivity index (χ0) is 19.8. The van der Waals surface area contributed by atoms with Gasteiger partial charge in [0.05, 0.1) is 5.41 Å². The number of hydrogen-bond donors (Lipinski definition) is 0. The lowest BCUT2D eigenvalue weighted by Gasteiger charge is -2.46. The molecule has 0 unspecified atom stereocenters. The fourth-order valence-electron chi connectivity index (χ4n) is 4.00. The minimum absolute atomic E-state index is 0.0631. The second-order valence-electron chi connectivity index (χ2n) is 9.50. The number of para-hydroxylation sites is 1. The lowest BCUT2D eigenvalue weighted by Crippen LogP contribution is -2.59. The second-order valence-corrected chi connectivity index (χ2v) is 25.6. The number of unbranched alkanes of at least 4 members (excludes halogenated alkanes) is 2. The first-order chi connectivity index (χ1) is 12.1. The maximum Gasteiger partial charge on any atom is 0.316 e. The molecule has 0 saturated carbocycles. The van der Waals surface area contributed by atoms with E-state index in [-0.39, 0.29) is 5.97 Å². The van der Waals surface area contributed by atoms with E-state index in [0.29, 0.717) is 5.75 Å². The summed E-state index contributed by atoms with van der Waals surface area (Å²) in [5.41, 5.74) is -0.413. The summed E-state index contributed by atoms with van der Waals surface area (Å²) in [6.07, 6.45) is 5.12. The van der Waals surface area contributed by atoms with E-state index in [9.17, 15) is 4.79 Å². The zero-order valence-electron chi connectivity index (χ0n) is 18.2. The Morgan fingerprint density at radius 2 is 1.46 bits per heavy atom. The van der Waals surface area contributed by atoms with Crippen LogP contribution in [0.4, 0.5) is 0 Å². The first kappa shape index (κ1) is 23.2. The van der Waals surface area contributed by atoms with Gasteiger partial charge < -0.3 is 4.74 Å². The van der Waals surface area contributed by atoms with Gasteiger partial charge in [-0.2, -0.15) is 0 Å². The quantitative estimate of drug-likeness (QED) is 0.228. The predicted octanol–water partition coefficient (Wildman–Crippen LogP) is 7.08. The van der Waals surface area contributed by atoms with Gasteiger partial charge in [-0.25, -0.2) is 0 Å². The van der Waals surface area contributed by atoms with Crippen molar-refractivity contribution in [2.45, 2.75) is 91.2 Å². The molecule has 0 saturated heterocycles. The summed E-state index contributed by atoms with van der Waals surface area (Å²) >= 11 is 0. The van der Waals surface area contributed by atoms with E-state index in [1.54, 1.807) is 0 Å². The standard InChI is InChI=1S/C22H40O2Si2/c1-8-10-17-26(18-11-9-2,25(5,6)7)19-22(3,4)21(23)24-20-15-13-12-14-16-20/h12-16H,8-11,17-19H2,1-7H3. The average Bonchev–Trinajstić information content (AvgIpc) is 2.57. The van der Waals surface area contributed by atoms with Gasteiger partial charge in [0.2, 0.25) is 0 Å². The molecule has 2 nitrogen and oxygen atoms in total. The number of rotatable bonds is 11. The molecule has 0 N–H and O–H groups in total. The van der Waals surface area contributed by atoms with E-state index in [4.69, 9.17) is 4.74 Å². The normalized spacial score (nSPS) is 12.9. The first-order valence-electron chi connectivity index (χ1n) is 10.4. The summed E-state index contributed by atoms with van der Waals surface area (Å²) in [6, 6.07) is 13.3. The second kappa shape index (κ2) is 9.88. The van der Waals surface area contributed by atoms with Gasteiger partial charge in [0.15, 0.2) is 0 Å². The Morgan fingerprint density at radius 3 is 1.88 bits per heavy atom. The molecule has 0 aliphatic carbocycles. The van der Waals surface area contributed by atoms with Gasteiger partial charge in [-0.1, -0.05) is 89.5 Å². The SMILES string of the molecule is CCCC[Si](CCCC)(CC(C)(C)C(=O)Oc1ccccc1)[Si](C)(C)C. The van der Waals surface area contributed by atoms with E-state index in [0.717, 1.165) is 6.04 Å². The summed E-state index contributed by atoms with van der Waals surface area (Å²) in [5.74, 6) is 0.597. The van der Waals surface area contributed by atoms with Crippen LogP contribution >= 0.6 is 0 Å². The summed E-state index contributed by atoms with van der Waals surface area (Å²) in [4.78, 5) is 13.0. The molecule has 0 bridgehead atoms. The zero-order valence-corrected chi connectivity index (χ0v) is 20.2. The largest absolute Gasteiger partial charge is 0.426 e. The van der Waals surface area contributed by atoms with Gasteiger partial charge in [0, 0.05) is 15.2 Å². The van der Waals surface area contributed by atoms with Crippen molar-refractivity contribution in [3.05, 3.63) is 30.3 Å². The van der Waals surface area contributed by atoms with Crippen LogP contribution in [0.5, 0.6) is 5.75 Å². The van der Waals surface area contributed by atoms with Gasteiger partial charge in [0.25, 0.3) is 0 Å². The molecule has 1 aromatic rings. The molecule has 4 heteroatoms. The van der Waals surface area contributed by atoms with E-state index in [1.165, 1.54) is 37.8 Å². The van der Waals surface area contributed by atoms with Crippen LogP contribution in [-0.2, 0) is 4.79 Å². The minimum atomic E-state index is -1.52. The van der Waals surface area contributed by atoms with E-state index < -0.39 is 20.6 Å². The summed E-state index contributed by atoms with van der Waals surface area (Å²) < 4.78 is 5.75. The Bertz CT molecular complexity index is 539. The molecule has 1 rings (SSSR count). The van der Waals surface area contributed by atoms with Crippen LogP contribution in [-0.4, -0.2) is 21.2 Å². The third kappa shape index (κ3) is 6.38. The minimum Gasteiger partial charge on any atom is -0.426 e. The maximum absolute atomic E-state index is 13.0. The van der Waals surface area contributed by atoms with Crippen LogP contribution < -0.4 is 4.74 Å². The van der Waals surface area contributed by atoms with Crippen LogP contribution in [0.3, 0.4) is 0 Å². The number of esters is 1. The molecule has 0 heterocycles. The van der Waals surface area contributed by atoms with Crippen LogP contribution in [0.2, 0.25) is 37.8 Å². The Labute approximate surface area is 163 Å². The summed E-state index contributed by atoms with van der Waals surface area (Å²) in [6.45, 7) is 16.4. The number of carbonyl (C=O) groups excluding carboxylic acids is 1. The maximum atomic E-state index is 13.0. The van der Waals surface area contributed by atoms with Gasteiger partial charge in [-0.05, 0) is 32.0 Å². The fourth-order valence-corrected chi connectivity index (χ4v) is 19.0. The van der Waals surface area contributed by atoms with Crippen molar-refractivity contribution in [2.24, 2.45) is 5.41 Å². The van der Waals surface area contributed by atoms with E-state index in [1.807, 2.05) is 30.3 Å². The highest BCUT2D eigenvalue weighted by molar-refractivity contribution is 7.41. The molecule has 0 fully saturated rings. The molecule has 1 aromatic carbocycles. The Kier molecular flexibility index (Phi) is 8.81. The van der Waals surface area contributed by atoms with Gasteiger partial charge in [-0.3, -0.25) is 4.79 Å². The van der Waals surface area contributed by atoms with Crippen LogP contribution in [0.15, 0.2) is 30.3 Å². The van der Waals surface area contributed by atoms with Crippen LogP contribution in [0.1, 0.15) is 53.4 Å². The molecule has 148 valence electrons. The lowest BCUT2D eigenvalue weighted by atomic mass is 9.97.